The summed E-state index contributed by atoms with van der Waals surface area (Å²) in [7, 11) is -0.289. The van der Waals surface area contributed by atoms with Crippen molar-refractivity contribution >= 4 is 16.0 Å². The first kappa shape index (κ1) is 19.4. The third-order valence-corrected chi connectivity index (χ3v) is 4.49. The van der Waals surface area contributed by atoms with Gasteiger partial charge < -0.3 is 15.4 Å². The molecule has 0 spiro atoms. The third-order valence-electron chi connectivity index (χ3n) is 3.03. The lowest BCUT2D eigenvalue weighted by Gasteiger charge is -2.12. The van der Waals surface area contributed by atoms with E-state index in [1.807, 2.05) is 6.07 Å². The van der Waals surface area contributed by atoms with Crippen LogP contribution in [0.1, 0.15) is 18.9 Å². The highest BCUT2D eigenvalue weighted by Crippen LogP contribution is 2.11. The van der Waals surface area contributed by atoms with Gasteiger partial charge >= 0.3 is 0 Å². The number of nitrogens with one attached hydrogen (secondary N) is 3. The first-order chi connectivity index (χ1) is 11.0. The second-order valence-corrected chi connectivity index (χ2v) is 6.66. The number of benzene rings is 1. The summed E-state index contributed by atoms with van der Waals surface area (Å²) in [6.07, 6.45) is 1.00. The van der Waals surface area contributed by atoms with Gasteiger partial charge in [-0.05, 0) is 24.1 Å². The van der Waals surface area contributed by atoms with E-state index in [0.717, 1.165) is 18.5 Å². The maximum absolute atomic E-state index is 12.2. The molecule has 0 aromatic heterocycles. The molecule has 0 bridgehead atoms. The molecule has 1 aromatic carbocycles. The van der Waals surface area contributed by atoms with Crippen LogP contribution < -0.4 is 15.4 Å². The number of ether oxygens (including phenoxy) is 1. The Morgan fingerprint density at radius 3 is 2.70 bits per heavy atom. The van der Waals surface area contributed by atoms with Crippen molar-refractivity contribution in [2.24, 2.45) is 4.99 Å². The molecule has 0 heterocycles. The molecule has 23 heavy (non-hydrogen) atoms. The number of methoxy groups -OCH3 is 1. The van der Waals surface area contributed by atoms with Crippen LogP contribution in [0.25, 0.3) is 0 Å². The van der Waals surface area contributed by atoms with E-state index >= 15 is 0 Å². The minimum absolute atomic E-state index is 0.240. The van der Waals surface area contributed by atoms with E-state index in [-0.39, 0.29) is 11.4 Å². The number of hydrogen-bond donors (Lipinski definition) is 3. The molecule has 130 valence electrons. The van der Waals surface area contributed by atoms with Crippen LogP contribution in [0.15, 0.2) is 34.2 Å². The van der Waals surface area contributed by atoms with Crippen LogP contribution in [-0.4, -0.2) is 48.2 Å². The molecule has 3 N–H and O–H groups in total. The van der Waals surface area contributed by atoms with Crippen LogP contribution in [0.4, 0.5) is 0 Å². The molecule has 0 amide bonds. The topological polar surface area (TPSA) is 91.8 Å². The molecule has 0 aliphatic heterocycles. The first-order valence-electron chi connectivity index (χ1n) is 7.55. The van der Waals surface area contributed by atoms with E-state index in [9.17, 15) is 8.42 Å². The lowest BCUT2D eigenvalue weighted by atomic mass is 10.2. The molecule has 0 atom stereocenters. The highest BCUT2D eigenvalue weighted by Gasteiger charge is 2.13. The quantitative estimate of drug-likeness (QED) is 0.349. The van der Waals surface area contributed by atoms with Gasteiger partial charge in [0, 0.05) is 33.8 Å². The van der Waals surface area contributed by atoms with Crippen molar-refractivity contribution in [3.63, 3.8) is 0 Å². The summed E-state index contributed by atoms with van der Waals surface area (Å²) in [6, 6.07) is 6.82. The van der Waals surface area contributed by atoms with Crippen molar-refractivity contribution in [3.8, 4) is 0 Å². The first-order valence-corrected chi connectivity index (χ1v) is 9.04. The minimum atomic E-state index is -3.52. The van der Waals surface area contributed by atoms with Crippen LogP contribution in [0.5, 0.6) is 0 Å². The summed E-state index contributed by atoms with van der Waals surface area (Å²) in [6.45, 7) is 3.97. The van der Waals surface area contributed by atoms with E-state index in [1.165, 1.54) is 7.11 Å². The third kappa shape index (κ3) is 6.98. The maximum Gasteiger partial charge on any atom is 0.240 e. The van der Waals surface area contributed by atoms with Crippen LogP contribution in [0, 0.1) is 0 Å². The average molecular weight is 342 g/mol. The summed E-state index contributed by atoms with van der Waals surface area (Å²) in [5.74, 6) is 0.693. The van der Waals surface area contributed by atoms with Crippen molar-refractivity contribution in [2.45, 2.75) is 24.8 Å². The van der Waals surface area contributed by atoms with Crippen LogP contribution in [0.3, 0.4) is 0 Å². The molecule has 1 rings (SSSR count). The summed E-state index contributed by atoms with van der Waals surface area (Å²) >= 11 is 0. The number of guanidine groups is 1. The Morgan fingerprint density at radius 1 is 1.26 bits per heavy atom. The molecule has 0 fully saturated rings. The largest absolute Gasteiger partial charge is 0.383 e. The minimum Gasteiger partial charge on any atom is -0.383 e. The number of aliphatic imine (C=N–C) groups is 1. The van der Waals surface area contributed by atoms with Gasteiger partial charge in [0.2, 0.25) is 10.0 Å². The predicted octanol–water partition coefficient (Wildman–Crippen LogP) is 0.686. The normalized spacial score (nSPS) is 12.2. The standard InChI is InChI=1S/C15H26N4O3S/c1-4-8-17-15(16-2)18-12-13-6-5-7-14(11-13)23(20,21)19-9-10-22-3/h5-7,11,19H,4,8-10,12H2,1-3H3,(H2,16,17,18). The summed E-state index contributed by atoms with van der Waals surface area (Å²) in [5, 5.41) is 6.32. The molecule has 0 radical (unpaired) electrons. The summed E-state index contributed by atoms with van der Waals surface area (Å²) < 4.78 is 31.7. The zero-order chi connectivity index (χ0) is 17.1. The van der Waals surface area contributed by atoms with Crippen LogP contribution in [0.2, 0.25) is 0 Å². The predicted molar refractivity (Wildman–Crippen MR) is 92.0 cm³/mol. The average Bonchev–Trinajstić information content (AvgIpc) is 2.55. The number of sulfonamides is 1. The molecule has 1 aromatic rings. The number of rotatable bonds is 9. The lowest BCUT2D eigenvalue weighted by Crippen LogP contribution is -2.37. The zero-order valence-electron chi connectivity index (χ0n) is 13.9. The van der Waals surface area contributed by atoms with E-state index in [4.69, 9.17) is 4.74 Å². The Hall–Kier alpha value is -1.64. The van der Waals surface area contributed by atoms with Gasteiger partial charge in [0.1, 0.15) is 0 Å². The van der Waals surface area contributed by atoms with E-state index in [0.29, 0.717) is 19.1 Å². The highest BCUT2D eigenvalue weighted by atomic mass is 32.2. The fraction of sp³-hybridized carbons (Fsp3) is 0.533. The lowest BCUT2D eigenvalue weighted by molar-refractivity contribution is 0.204. The van der Waals surface area contributed by atoms with E-state index < -0.39 is 10.0 Å². The highest BCUT2D eigenvalue weighted by molar-refractivity contribution is 7.89. The maximum atomic E-state index is 12.2. The zero-order valence-corrected chi connectivity index (χ0v) is 14.7. The van der Waals surface area contributed by atoms with Crippen molar-refractivity contribution in [2.75, 3.05) is 33.9 Å². The Morgan fingerprint density at radius 2 is 2.04 bits per heavy atom. The molecular formula is C15H26N4O3S. The van der Waals surface area contributed by atoms with Crippen molar-refractivity contribution in [1.82, 2.24) is 15.4 Å². The second-order valence-electron chi connectivity index (χ2n) is 4.89. The number of hydrogen-bond acceptors (Lipinski definition) is 4. The molecule has 8 heteroatoms. The van der Waals surface area contributed by atoms with Gasteiger partial charge in [-0.2, -0.15) is 0 Å². The fourth-order valence-corrected chi connectivity index (χ4v) is 2.92. The van der Waals surface area contributed by atoms with Gasteiger partial charge in [-0.25, -0.2) is 13.1 Å². The van der Waals surface area contributed by atoms with E-state index in [1.54, 1.807) is 25.2 Å². The van der Waals surface area contributed by atoms with Gasteiger partial charge in [0.05, 0.1) is 11.5 Å². The number of nitrogens with zero attached hydrogens (tertiary/aromatic N) is 1. The molecule has 7 nitrogen and oxygen atoms in total. The molecule has 0 aliphatic rings. The monoisotopic (exact) mass is 342 g/mol. The van der Waals surface area contributed by atoms with Crippen molar-refractivity contribution in [1.29, 1.82) is 0 Å². The summed E-state index contributed by atoms with van der Waals surface area (Å²) in [5.41, 5.74) is 0.860. The van der Waals surface area contributed by atoms with Gasteiger partial charge in [-0.3, -0.25) is 4.99 Å². The Labute approximate surface area is 138 Å². The molecule has 0 unspecified atom stereocenters. The molecule has 0 aliphatic carbocycles. The Kier molecular flexibility index (Phi) is 8.60. The molecule has 0 saturated heterocycles. The smallest absolute Gasteiger partial charge is 0.240 e. The fourth-order valence-electron chi connectivity index (χ4n) is 1.83. The van der Waals surface area contributed by atoms with Crippen molar-refractivity contribution < 1.29 is 13.2 Å². The SMILES string of the molecule is CCCNC(=NC)NCc1cccc(S(=O)(=O)NCCOC)c1. The van der Waals surface area contributed by atoms with Crippen molar-refractivity contribution in [3.05, 3.63) is 29.8 Å². The summed E-state index contributed by atoms with van der Waals surface area (Å²) in [4.78, 5) is 4.35. The van der Waals surface area contributed by atoms with Gasteiger partial charge in [-0.15, -0.1) is 0 Å². The second kappa shape index (κ2) is 10.2. The Balaban J connectivity index is 2.69. The Bertz CT molecular complexity index is 602. The van der Waals surface area contributed by atoms with Crippen LogP contribution >= 0.6 is 0 Å². The van der Waals surface area contributed by atoms with Gasteiger partial charge in [-0.1, -0.05) is 19.1 Å². The molecule has 0 saturated carbocycles. The van der Waals surface area contributed by atoms with Gasteiger partial charge in [0.15, 0.2) is 5.96 Å². The van der Waals surface area contributed by atoms with Crippen LogP contribution in [-0.2, 0) is 21.3 Å². The molecular weight excluding hydrogens is 316 g/mol. The van der Waals surface area contributed by atoms with Gasteiger partial charge in [0.25, 0.3) is 0 Å². The van der Waals surface area contributed by atoms with E-state index in [2.05, 4.69) is 27.3 Å².